The van der Waals surface area contributed by atoms with E-state index in [1.807, 2.05) is 61.6 Å². The second-order valence-electron chi connectivity index (χ2n) is 7.33. The molecular formula is C21H22N6O2. The molecule has 29 heavy (non-hydrogen) atoms. The standard InChI is InChI=1S/C21H22N6O2/c1-14-13-29-11-10-26(14)20-21(28)27(19-7-9-25(2)24-19)12-18(23-20)15-4-3-5-17-16(15)6-8-22-17/h3-9,12,14,22H,10-11,13H2,1-2H3/t14-/m1/s1. The van der Waals surface area contributed by atoms with Crippen molar-refractivity contribution < 1.29 is 4.74 Å². The molecule has 0 saturated carbocycles. The van der Waals surface area contributed by atoms with Crippen molar-refractivity contribution in [3.8, 4) is 17.1 Å². The summed E-state index contributed by atoms with van der Waals surface area (Å²) in [7, 11) is 1.84. The number of morpholine rings is 1. The molecule has 1 atom stereocenters. The van der Waals surface area contributed by atoms with Crippen LogP contribution in [-0.2, 0) is 11.8 Å². The Balaban J connectivity index is 1.76. The SMILES string of the molecule is C[C@@H]1COCCN1c1nc(-c2cccc3[nH]ccc23)cn(-c2ccn(C)n2)c1=O. The van der Waals surface area contributed by atoms with Crippen molar-refractivity contribution in [2.75, 3.05) is 24.7 Å². The second kappa shape index (κ2) is 6.89. The van der Waals surface area contributed by atoms with Gasteiger partial charge in [0.15, 0.2) is 11.6 Å². The van der Waals surface area contributed by atoms with Crippen molar-refractivity contribution >= 4 is 16.7 Å². The number of rotatable bonds is 3. The highest BCUT2D eigenvalue weighted by Gasteiger charge is 2.25. The molecule has 8 nitrogen and oxygen atoms in total. The van der Waals surface area contributed by atoms with Crippen LogP contribution in [0.5, 0.6) is 0 Å². The molecule has 148 valence electrons. The summed E-state index contributed by atoms with van der Waals surface area (Å²) in [4.78, 5) is 23.5. The van der Waals surface area contributed by atoms with Crippen molar-refractivity contribution in [2.24, 2.45) is 7.05 Å². The first kappa shape index (κ1) is 17.7. The number of aryl methyl sites for hydroxylation is 1. The monoisotopic (exact) mass is 390 g/mol. The van der Waals surface area contributed by atoms with E-state index in [9.17, 15) is 4.79 Å². The van der Waals surface area contributed by atoms with Crippen molar-refractivity contribution in [3.63, 3.8) is 0 Å². The first-order valence-corrected chi connectivity index (χ1v) is 9.66. The number of hydrogen-bond acceptors (Lipinski definition) is 5. The minimum Gasteiger partial charge on any atom is -0.377 e. The molecule has 1 fully saturated rings. The molecule has 8 heteroatoms. The number of aromatic amines is 1. The summed E-state index contributed by atoms with van der Waals surface area (Å²) < 4.78 is 8.83. The number of benzene rings is 1. The van der Waals surface area contributed by atoms with Crippen LogP contribution in [0.15, 0.2) is 53.7 Å². The number of ether oxygens (including phenoxy) is 1. The van der Waals surface area contributed by atoms with Gasteiger partial charge in [-0.1, -0.05) is 12.1 Å². The minimum absolute atomic E-state index is 0.0689. The van der Waals surface area contributed by atoms with Crippen molar-refractivity contribution in [3.05, 3.63) is 59.3 Å². The van der Waals surface area contributed by atoms with E-state index in [0.29, 0.717) is 31.4 Å². The molecule has 1 aliphatic heterocycles. The van der Waals surface area contributed by atoms with E-state index in [1.165, 1.54) is 0 Å². The highest BCUT2D eigenvalue weighted by atomic mass is 16.5. The number of hydrogen-bond donors (Lipinski definition) is 1. The molecule has 0 bridgehead atoms. The van der Waals surface area contributed by atoms with Crippen molar-refractivity contribution in [1.29, 1.82) is 0 Å². The van der Waals surface area contributed by atoms with Crippen molar-refractivity contribution in [2.45, 2.75) is 13.0 Å². The van der Waals surface area contributed by atoms with Crippen LogP contribution in [0, 0.1) is 0 Å². The Bertz CT molecular complexity index is 1240. The van der Waals surface area contributed by atoms with E-state index < -0.39 is 0 Å². The smallest absolute Gasteiger partial charge is 0.299 e. The minimum atomic E-state index is -0.178. The van der Waals surface area contributed by atoms with Gasteiger partial charge in [-0.2, -0.15) is 5.10 Å². The van der Waals surface area contributed by atoms with E-state index in [0.717, 1.165) is 22.2 Å². The molecule has 0 amide bonds. The Hall–Kier alpha value is -3.39. The van der Waals surface area contributed by atoms with Gasteiger partial charge in [-0.25, -0.2) is 4.98 Å². The van der Waals surface area contributed by atoms with Gasteiger partial charge in [-0.15, -0.1) is 0 Å². The fraction of sp³-hybridized carbons (Fsp3) is 0.286. The lowest BCUT2D eigenvalue weighted by Gasteiger charge is -2.34. The third kappa shape index (κ3) is 3.01. The number of fused-ring (bicyclic) bond motifs is 1. The normalized spacial score (nSPS) is 17.2. The number of nitrogens with one attached hydrogen (secondary N) is 1. The maximum atomic E-state index is 13.4. The van der Waals surface area contributed by atoms with E-state index >= 15 is 0 Å². The molecule has 1 aliphatic rings. The molecule has 0 spiro atoms. The van der Waals surface area contributed by atoms with Gasteiger partial charge in [-0.05, 0) is 19.1 Å². The topological polar surface area (TPSA) is 81.0 Å². The van der Waals surface area contributed by atoms with E-state index in [4.69, 9.17) is 9.72 Å². The molecule has 1 saturated heterocycles. The fourth-order valence-electron chi connectivity index (χ4n) is 3.85. The molecule has 4 aromatic rings. The van der Waals surface area contributed by atoms with Crippen LogP contribution in [0.4, 0.5) is 5.82 Å². The molecule has 3 aromatic heterocycles. The summed E-state index contributed by atoms with van der Waals surface area (Å²) in [5, 5.41) is 5.50. The Morgan fingerprint density at radius 2 is 2.14 bits per heavy atom. The highest BCUT2D eigenvalue weighted by Crippen LogP contribution is 2.28. The van der Waals surface area contributed by atoms with Gasteiger partial charge in [0.05, 0.1) is 24.9 Å². The maximum absolute atomic E-state index is 13.4. The van der Waals surface area contributed by atoms with Gasteiger partial charge < -0.3 is 14.6 Å². The molecule has 1 N–H and O–H groups in total. The van der Waals surface area contributed by atoms with Crippen molar-refractivity contribution in [1.82, 2.24) is 24.3 Å². The largest absolute Gasteiger partial charge is 0.377 e. The zero-order valence-corrected chi connectivity index (χ0v) is 16.4. The lowest BCUT2D eigenvalue weighted by atomic mass is 10.1. The van der Waals surface area contributed by atoms with Gasteiger partial charge in [0.25, 0.3) is 5.56 Å². The molecule has 0 aliphatic carbocycles. The zero-order valence-electron chi connectivity index (χ0n) is 16.4. The van der Waals surface area contributed by atoms with E-state index in [2.05, 4.69) is 10.1 Å². The first-order chi connectivity index (χ1) is 14.1. The van der Waals surface area contributed by atoms with Crippen LogP contribution in [0.3, 0.4) is 0 Å². The Morgan fingerprint density at radius 3 is 2.93 bits per heavy atom. The van der Waals surface area contributed by atoms with Gasteiger partial charge in [-0.3, -0.25) is 14.0 Å². The third-order valence-electron chi connectivity index (χ3n) is 5.34. The predicted molar refractivity (Wildman–Crippen MR) is 112 cm³/mol. The van der Waals surface area contributed by atoms with Gasteiger partial charge in [0.2, 0.25) is 0 Å². The van der Waals surface area contributed by atoms with Crippen LogP contribution < -0.4 is 10.5 Å². The van der Waals surface area contributed by atoms with E-state index in [1.54, 1.807) is 15.4 Å². The summed E-state index contributed by atoms with van der Waals surface area (Å²) in [5.41, 5.74) is 2.55. The lowest BCUT2D eigenvalue weighted by molar-refractivity contribution is 0.0983. The average Bonchev–Trinajstić information content (AvgIpc) is 3.37. The Labute approximate surface area is 167 Å². The molecule has 0 unspecified atom stereocenters. The summed E-state index contributed by atoms with van der Waals surface area (Å²) in [6, 6.07) is 9.97. The number of anilines is 1. The third-order valence-corrected chi connectivity index (χ3v) is 5.34. The van der Waals surface area contributed by atoms with Gasteiger partial charge >= 0.3 is 0 Å². The predicted octanol–water partition coefficient (Wildman–Crippen LogP) is 2.34. The molecule has 5 rings (SSSR count). The Morgan fingerprint density at radius 1 is 1.24 bits per heavy atom. The first-order valence-electron chi connectivity index (χ1n) is 9.66. The number of nitrogens with zero attached hydrogens (tertiary/aromatic N) is 5. The second-order valence-corrected chi connectivity index (χ2v) is 7.33. The zero-order chi connectivity index (χ0) is 20.0. The summed E-state index contributed by atoms with van der Waals surface area (Å²) in [5.74, 6) is 1.00. The molecule has 0 radical (unpaired) electrons. The molecular weight excluding hydrogens is 368 g/mol. The van der Waals surface area contributed by atoms with Crippen LogP contribution in [0.1, 0.15) is 6.92 Å². The Kier molecular flexibility index (Phi) is 4.21. The average molecular weight is 390 g/mol. The molecule has 1 aromatic carbocycles. The quantitative estimate of drug-likeness (QED) is 0.581. The fourth-order valence-corrected chi connectivity index (χ4v) is 3.85. The highest BCUT2D eigenvalue weighted by molar-refractivity contribution is 5.94. The summed E-state index contributed by atoms with van der Waals surface area (Å²) >= 11 is 0. The van der Waals surface area contributed by atoms with Crippen LogP contribution in [0.2, 0.25) is 0 Å². The molecule has 4 heterocycles. The number of H-pyrrole nitrogens is 1. The van der Waals surface area contributed by atoms with Gasteiger partial charge in [0.1, 0.15) is 0 Å². The van der Waals surface area contributed by atoms with Crippen LogP contribution in [-0.4, -0.2) is 50.1 Å². The summed E-state index contributed by atoms with van der Waals surface area (Å²) in [6.45, 7) is 3.82. The number of aromatic nitrogens is 5. The lowest BCUT2D eigenvalue weighted by Crippen LogP contribution is -2.47. The van der Waals surface area contributed by atoms with E-state index in [-0.39, 0.29) is 11.6 Å². The van der Waals surface area contributed by atoms with Crippen LogP contribution >= 0.6 is 0 Å². The van der Waals surface area contributed by atoms with Gasteiger partial charge in [0, 0.05) is 54.7 Å². The maximum Gasteiger partial charge on any atom is 0.299 e. The van der Waals surface area contributed by atoms with Crippen LogP contribution in [0.25, 0.3) is 28.0 Å². The summed E-state index contributed by atoms with van der Waals surface area (Å²) in [6.07, 6.45) is 5.51.